The Morgan fingerprint density at radius 3 is 2.57 bits per heavy atom. The number of ether oxygens (including phenoxy) is 2. The number of carbonyl (C=O) groups excluding carboxylic acids is 2. The summed E-state index contributed by atoms with van der Waals surface area (Å²) in [6, 6.07) is 7.54. The Kier molecular flexibility index (Phi) is 8.67. The SMILES string of the molecule is NC(=O)c1ccc(NC(=O)[C@H](C[C@@H]2CCCCO2)n2cc3c(cc2=O)-c2cc(Cl)ccc2C[C@@H](C(F)(F)F)OC3)cn1. The highest BCUT2D eigenvalue weighted by Gasteiger charge is 2.42. The molecule has 2 aliphatic rings. The van der Waals surface area contributed by atoms with Crippen molar-refractivity contribution in [3.63, 3.8) is 0 Å². The third kappa shape index (κ3) is 6.66. The van der Waals surface area contributed by atoms with Crippen LogP contribution in [0.15, 0.2) is 53.6 Å². The van der Waals surface area contributed by atoms with Crippen molar-refractivity contribution in [1.82, 2.24) is 9.55 Å². The number of halogens is 4. The lowest BCUT2D eigenvalue weighted by Crippen LogP contribution is -2.38. The van der Waals surface area contributed by atoms with Crippen LogP contribution in [0.25, 0.3) is 11.1 Å². The summed E-state index contributed by atoms with van der Waals surface area (Å²) >= 11 is 6.20. The summed E-state index contributed by atoms with van der Waals surface area (Å²) in [4.78, 5) is 42.5. The highest BCUT2D eigenvalue weighted by molar-refractivity contribution is 6.30. The van der Waals surface area contributed by atoms with E-state index < -0.39 is 48.7 Å². The molecule has 2 aromatic heterocycles. The van der Waals surface area contributed by atoms with Crippen LogP contribution in [0.2, 0.25) is 5.02 Å². The molecule has 1 aromatic carbocycles. The molecule has 42 heavy (non-hydrogen) atoms. The molecule has 0 radical (unpaired) electrons. The second kappa shape index (κ2) is 12.2. The molecule has 5 rings (SSSR count). The van der Waals surface area contributed by atoms with E-state index >= 15 is 0 Å². The van der Waals surface area contributed by atoms with E-state index in [9.17, 15) is 27.6 Å². The molecule has 3 atom stereocenters. The van der Waals surface area contributed by atoms with Crippen LogP contribution in [-0.2, 0) is 27.3 Å². The van der Waals surface area contributed by atoms with Gasteiger partial charge in [-0.2, -0.15) is 13.2 Å². The van der Waals surface area contributed by atoms with Crippen molar-refractivity contribution in [3.8, 4) is 11.1 Å². The molecule has 0 bridgehead atoms. The van der Waals surface area contributed by atoms with Gasteiger partial charge in [0.05, 0.1) is 24.6 Å². The van der Waals surface area contributed by atoms with Crippen molar-refractivity contribution in [2.75, 3.05) is 11.9 Å². The standard InChI is InChI=1S/C29H28ClF3N4O5/c30-18-5-4-16-9-25(29(31,32)33)42-15-17-14-37(26(38)12-22(17)21(16)10-18)24(11-20-3-1-2-8-41-20)28(40)36-19-6-7-23(27(34)39)35-13-19/h4-7,10,12-14,20,24-25H,1-3,8-9,11,15H2,(H2,34,39)(H,36,40)/t20-,24-,25-/m0/s1. The molecule has 3 aromatic rings. The predicted molar refractivity (Wildman–Crippen MR) is 148 cm³/mol. The number of aromatic nitrogens is 2. The summed E-state index contributed by atoms with van der Waals surface area (Å²) in [5.41, 5.74) is 6.38. The number of benzene rings is 1. The van der Waals surface area contributed by atoms with E-state index in [1.54, 1.807) is 0 Å². The topological polar surface area (TPSA) is 126 Å². The van der Waals surface area contributed by atoms with Gasteiger partial charge in [-0.25, -0.2) is 4.98 Å². The highest BCUT2D eigenvalue weighted by Crippen LogP contribution is 2.37. The van der Waals surface area contributed by atoms with Crippen molar-refractivity contribution in [2.45, 2.75) is 63.1 Å². The molecule has 1 saturated heterocycles. The Morgan fingerprint density at radius 1 is 1.12 bits per heavy atom. The van der Waals surface area contributed by atoms with E-state index in [4.69, 9.17) is 26.8 Å². The summed E-state index contributed by atoms with van der Waals surface area (Å²) < 4.78 is 53.8. The van der Waals surface area contributed by atoms with Gasteiger partial charge in [0.2, 0.25) is 5.91 Å². The van der Waals surface area contributed by atoms with Crippen molar-refractivity contribution in [1.29, 1.82) is 0 Å². The number of rotatable bonds is 6. The van der Waals surface area contributed by atoms with Crippen molar-refractivity contribution < 1.29 is 32.2 Å². The Bertz CT molecular complexity index is 1540. The normalized spacial score (nSPS) is 19.5. The van der Waals surface area contributed by atoms with Gasteiger partial charge < -0.3 is 25.1 Å². The lowest BCUT2D eigenvalue weighted by molar-refractivity contribution is -0.223. The number of nitrogens with two attached hydrogens (primary N) is 1. The van der Waals surface area contributed by atoms with Crippen LogP contribution < -0.4 is 16.6 Å². The average Bonchev–Trinajstić information content (AvgIpc) is 2.94. The molecule has 2 amide bonds. The molecule has 13 heteroatoms. The zero-order valence-electron chi connectivity index (χ0n) is 22.3. The van der Waals surface area contributed by atoms with E-state index in [1.807, 2.05) is 0 Å². The van der Waals surface area contributed by atoms with Crippen LogP contribution in [0.4, 0.5) is 18.9 Å². The zero-order chi connectivity index (χ0) is 30.0. The number of amides is 2. The maximum Gasteiger partial charge on any atom is 0.414 e. The summed E-state index contributed by atoms with van der Waals surface area (Å²) in [5, 5.41) is 3.01. The van der Waals surface area contributed by atoms with Crippen LogP contribution in [0.5, 0.6) is 0 Å². The largest absolute Gasteiger partial charge is 0.414 e. The summed E-state index contributed by atoms with van der Waals surface area (Å²) in [6.07, 6.45) is -2.21. The number of nitrogens with zero attached hydrogens (tertiary/aromatic N) is 2. The van der Waals surface area contributed by atoms with Gasteiger partial charge in [0.1, 0.15) is 11.7 Å². The molecular formula is C29H28ClF3N4O5. The average molecular weight is 605 g/mol. The Balaban J connectivity index is 1.55. The van der Waals surface area contributed by atoms with Gasteiger partial charge in [-0.3, -0.25) is 14.4 Å². The number of fused-ring (bicyclic) bond motifs is 3. The monoisotopic (exact) mass is 604 g/mol. The third-order valence-corrected chi connectivity index (χ3v) is 7.65. The van der Waals surface area contributed by atoms with Crippen LogP contribution in [0.3, 0.4) is 0 Å². The van der Waals surface area contributed by atoms with Crippen LogP contribution in [0, 0.1) is 0 Å². The number of carbonyl (C=O) groups is 2. The summed E-state index contributed by atoms with van der Waals surface area (Å²) in [5.74, 6) is -1.30. The molecule has 222 valence electrons. The van der Waals surface area contributed by atoms with Crippen LogP contribution in [-0.4, -0.2) is 46.4 Å². The highest BCUT2D eigenvalue weighted by atomic mass is 35.5. The minimum atomic E-state index is -4.62. The fourth-order valence-corrected chi connectivity index (χ4v) is 5.44. The Labute approximate surface area is 243 Å². The second-order valence-electron chi connectivity index (χ2n) is 10.3. The van der Waals surface area contributed by atoms with E-state index in [-0.39, 0.29) is 23.9 Å². The van der Waals surface area contributed by atoms with Crippen molar-refractivity contribution >= 4 is 29.1 Å². The molecule has 0 aliphatic carbocycles. The molecule has 9 nitrogen and oxygen atoms in total. The lowest BCUT2D eigenvalue weighted by atomic mass is 9.92. The van der Waals surface area contributed by atoms with Gasteiger partial charge in [0.15, 0.2) is 6.10 Å². The fraction of sp³-hybridized carbons (Fsp3) is 0.379. The third-order valence-electron chi connectivity index (χ3n) is 7.42. The Hall–Kier alpha value is -3.74. The predicted octanol–water partition coefficient (Wildman–Crippen LogP) is 4.81. The molecule has 2 aliphatic heterocycles. The second-order valence-corrected chi connectivity index (χ2v) is 10.8. The van der Waals surface area contributed by atoms with Gasteiger partial charge in [-0.05, 0) is 60.2 Å². The van der Waals surface area contributed by atoms with Crippen LogP contribution >= 0.6 is 11.6 Å². The molecule has 3 N–H and O–H groups in total. The van der Waals surface area contributed by atoms with Crippen LogP contribution in [0.1, 0.15) is 53.3 Å². The maximum atomic E-state index is 13.8. The minimum absolute atomic E-state index is 0.00981. The van der Waals surface area contributed by atoms with Gasteiger partial charge >= 0.3 is 6.18 Å². The minimum Gasteiger partial charge on any atom is -0.378 e. The molecule has 0 unspecified atom stereocenters. The summed E-state index contributed by atoms with van der Waals surface area (Å²) in [6.45, 7) is 0.0688. The van der Waals surface area contributed by atoms with E-state index in [1.165, 1.54) is 53.4 Å². The van der Waals surface area contributed by atoms with E-state index in [0.29, 0.717) is 40.3 Å². The first kappa shape index (κ1) is 29.7. The smallest absolute Gasteiger partial charge is 0.378 e. The maximum absolute atomic E-state index is 13.8. The molecular weight excluding hydrogens is 577 g/mol. The number of hydrogen-bond acceptors (Lipinski definition) is 6. The Morgan fingerprint density at radius 2 is 1.90 bits per heavy atom. The van der Waals surface area contributed by atoms with Gasteiger partial charge in [0, 0.05) is 42.3 Å². The zero-order valence-corrected chi connectivity index (χ0v) is 23.1. The van der Waals surface area contributed by atoms with Gasteiger partial charge in [-0.1, -0.05) is 17.7 Å². The molecule has 4 heterocycles. The van der Waals surface area contributed by atoms with Gasteiger partial charge in [0.25, 0.3) is 11.5 Å². The number of primary amides is 1. The molecule has 0 saturated carbocycles. The first-order valence-electron chi connectivity index (χ1n) is 13.4. The van der Waals surface area contributed by atoms with Gasteiger partial charge in [-0.15, -0.1) is 0 Å². The number of anilines is 1. The van der Waals surface area contributed by atoms with Crippen molar-refractivity contribution in [3.05, 3.63) is 81.0 Å². The number of nitrogens with one attached hydrogen (secondary N) is 1. The summed E-state index contributed by atoms with van der Waals surface area (Å²) in [7, 11) is 0. The molecule has 0 spiro atoms. The molecule has 1 fully saturated rings. The van der Waals surface area contributed by atoms with E-state index in [0.717, 1.165) is 12.8 Å². The number of alkyl halides is 3. The first-order valence-corrected chi connectivity index (χ1v) is 13.8. The first-order chi connectivity index (χ1) is 20.0. The number of pyridine rings is 2. The van der Waals surface area contributed by atoms with Crippen molar-refractivity contribution in [2.24, 2.45) is 5.73 Å². The fourth-order valence-electron chi connectivity index (χ4n) is 5.27. The number of hydrogen-bond donors (Lipinski definition) is 2. The lowest BCUT2D eigenvalue weighted by Gasteiger charge is -2.29. The van der Waals surface area contributed by atoms with E-state index in [2.05, 4.69) is 10.3 Å². The quantitative estimate of drug-likeness (QED) is 0.416.